The Balaban J connectivity index is 2.28. The van der Waals surface area contributed by atoms with Crippen LogP contribution in [0.1, 0.15) is 245 Å². The lowest BCUT2D eigenvalue weighted by Crippen LogP contribution is -2.60. The van der Waals surface area contributed by atoms with E-state index in [0.29, 0.717) is 12.8 Å². The zero-order valence-corrected chi connectivity index (χ0v) is 37.4. The molecule has 1 fully saturated rings. The monoisotopic (exact) mass is 814 g/mol. The van der Waals surface area contributed by atoms with Crippen molar-refractivity contribution in [2.45, 2.75) is 288 Å². The molecule has 1 aliphatic heterocycles. The SMILES string of the molecule is CCCCCCCCCCCCCCCCCCCCC(=O)N[C@@H](CO[C@@H]1O[C@H](CO)[C@H](O)C(O)C1O)[C@H](O)CCCCCCCCCCCCCCCCCC. The summed E-state index contributed by atoms with van der Waals surface area (Å²) in [7, 11) is 0. The van der Waals surface area contributed by atoms with E-state index in [1.807, 2.05) is 0 Å². The number of unbranched alkanes of at least 4 members (excludes halogenated alkanes) is 32. The molecule has 9 nitrogen and oxygen atoms in total. The maximum atomic E-state index is 13.0. The van der Waals surface area contributed by atoms with E-state index >= 15 is 0 Å². The lowest BCUT2D eigenvalue weighted by molar-refractivity contribution is -0.302. The van der Waals surface area contributed by atoms with E-state index in [0.717, 1.165) is 38.5 Å². The Labute approximate surface area is 351 Å². The summed E-state index contributed by atoms with van der Waals surface area (Å²) in [4.78, 5) is 13.0. The number of hydrogen-bond acceptors (Lipinski definition) is 8. The second kappa shape index (κ2) is 39.3. The molecule has 6 N–H and O–H groups in total. The molecule has 1 aliphatic rings. The molecule has 0 bridgehead atoms. The first-order chi connectivity index (χ1) is 27.8. The molecular formula is C48H95NO8. The fourth-order valence-corrected chi connectivity index (χ4v) is 8.22. The third-order valence-electron chi connectivity index (χ3n) is 12.2. The minimum absolute atomic E-state index is 0.131. The van der Waals surface area contributed by atoms with E-state index in [1.165, 1.54) is 180 Å². The molecule has 0 aromatic carbocycles. The molecule has 0 saturated carbocycles. The highest BCUT2D eigenvalue weighted by Crippen LogP contribution is 2.23. The number of amides is 1. The standard InChI is InChI=1S/C48H95NO8/c1-3-5-7-9-11-13-15-17-19-21-22-24-26-28-30-32-34-36-38-44(52)49-41(40-56-48-47(55)46(54)45(53)43(39-50)57-48)42(51)37-35-33-31-29-27-25-23-20-18-16-14-12-10-8-6-4-2/h41-43,45-48,50-51,53-55H,3-40H2,1-2H3,(H,49,52)/t41-,42+,43+,45-,46?,47?,48+/m0/s1. The topological polar surface area (TPSA) is 149 Å². The first-order valence-electron chi connectivity index (χ1n) is 24.7. The van der Waals surface area contributed by atoms with E-state index < -0.39 is 49.5 Å². The van der Waals surface area contributed by atoms with Gasteiger partial charge in [-0.05, 0) is 12.8 Å². The molecule has 1 rings (SSSR count). The van der Waals surface area contributed by atoms with Gasteiger partial charge in [-0.15, -0.1) is 0 Å². The second-order valence-corrected chi connectivity index (χ2v) is 17.6. The molecule has 340 valence electrons. The first-order valence-corrected chi connectivity index (χ1v) is 24.7. The number of hydrogen-bond donors (Lipinski definition) is 6. The maximum absolute atomic E-state index is 13.0. The van der Waals surface area contributed by atoms with Crippen LogP contribution in [0.3, 0.4) is 0 Å². The van der Waals surface area contributed by atoms with Gasteiger partial charge in [-0.25, -0.2) is 0 Å². The van der Waals surface area contributed by atoms with Gasteiger partial charge in [0.1, 0.15) is 24.4 Å². The van der Waals surface area contributed by atoms with Crippen molar-refractivity contribution in [1.82, 2.24) is 5.32 Å². The van der Waals surface area contributed by atoms with Crippen molar-refractivity contribution >= 4 is 5.91 Å². The van der Waals surface area contributed by atoms with Crippen molar-refractivity contribution < 1.29 is 39.8 Å². The van der Waals surface area contributed by atoms with Crippen molar-refractivity contribution in [3.63, 3.8) is 0 Å². The normalized spacial score (nSPS) is 20.9. The summed E-state index contributed by atoms with van der Waals surface area (Å²) < 4.78 is 11.3. The van der Waals surface area contributed by atoms with Crippen LogP contribution < -0.4 is 5.32 Å². The molecule has 0 aromatic heterocycles. The largest absolute Gasteiger partial charge is 0.394 e. The molecule has 1 heterocycles. The van der Waals surface area contributed by atoms with Crippen LogP contribution in [0.2, 0.25) is 0 Å². The van der Waals surface area contributed by atoms with Crippen LogP contribution in [0, 0.1) is 0 Å². The van der Waals surface area contributed by atoms with E-state index in [4.69, 9.17) is 9.47 Å². The highest BCUT2D eigenvalue weighted by Gasteiger charge is 2.44. The smallest absolute Gasteiger partial charge is 0.220 e. The summed E-state index contributed by atoms with van der Waals surface area (Å²) in [6.07, 6.45) is 36.8. The molecule has 0 aliphatic carbocycles. The number of rotatable bonds is 42. The average Bonchev–Trinajstić information content (AvgIpc) is 3.21. The summed E-state index contributed by atoms with van der Waals surface area (Å²) >= 11 is 0. The van der Waals surface area contributed by atoms with E-state index in [9.17, 15) is 30.3 Å². The summed E-state index contributed by atoms with van der Waals surface area (Å²) in [5, 5.41) is 54.4. The van der Waals surface area contributed by atoms with Gasteiger partial charge in [0.2, 0.25) is 5.91 Å². The number of aliphatic hydroxyl groups is 5. The molecule has 2 unspecified atom stereocenters. The van der Waals surface area contributed by atoms with Gasteiger partial charge in [-0.1, -0.05) is 226 Å². The van der Waals surface area contributed by atoms with Crippen LogP contribution in [-0.4, -0.2) is 87.5 Å². The number of ether oxygens (including phenoxy) is 2. The van der Waals surface area contributed by atoms with Crippen molar-refractivity contribution in [2.24, 2.45) is 0 Å². The third-order valence-corrected chi connectivity index (χ3v) is 12.2. The Hall–Kier alpha value is -0.810. The van der Waals surface area contributed by atoms with Crippen LogP contribution in [0.25, 0.3) is 0 Å². The van der Waals surface area contributed by atoms with Crippen molar-refractivity contribution in [2.75, 3.05) is 13.2 Å². The Kier molecular flexibility index (Phi) is 37.4. The molecule has 0 spiro atoms. The van der Waals surface area contributed by atoms with Crippen LogP contribution in [-0.2, 0) is 14.3 Å². The minimum atomic E-state index is -1.55. The van der Waals surface area contributed by atoms with Gasteiger partial charge in [0.05, 0.1) is 25.4 Å². The highest BCUT2D eigenvalue weighted by atomic mass is 16.7. The van der Waals surface area contributed by atoms with Gasteiger partial charge in [-0.3, -0.25) is 4.79 Å². The quantitative estimate of drug-likeness (QED) is 0.0334. The van der Waals surface area contributed by atoms with Gasteiger partial charge in [0.15, 0.2) is 6.29 Å². The molecule has 1 saturated heterocycles. The van der Waals surface area contributed by atoms with Gasteiger partial charge < -0.3 is 40.3 Å². The van der Waals surface area contributed by atoms with Gasteiger partial charge in [0.25, 0.3) is 0 Å². The average molecular weight is 814 g/mol. The van der Waals surface area contributed by atoms with Crippen LogP contribution in [0.15, 0.2) is 0 Å². The van der Waals surface area contributed by atoms with Crippen LogP contribution in [0.4, 0.5) is 0 Å². The number of carbonyl (C=O) groups excluding carboxylic acids is 1. The maximum Gasteiger partial charge on any atom is 0.220 e. The van der Waals surface area contributed by atoms with Crippen molar-refractivity contribution in [3.05, 3.63) is 0 Å². The van der Waals surface area contributed by atoms with Crippen molar-refractivity contribution in [3.8, 4) is 0 Å². The fraction of sp³-hybridized carbons (Fsp3) is 0.979. The van der Waals surface area contributed by atoms with E-state index in [-0.39, 0.29) is 12.5 Å². The molecule has 7 atom stereocenters. The Morgan fingerprint density at radius 2 is 0.877 bits per heavy atom. The first kappa shape index (κ1) is 54.2. The summed E-state index contributed by atoms with van der Waals surface area (Å²) in [6.45, 7) is 3.86. The number of nitrogens with one attached hydrogen (secondary N) is 1. The number of carbonyl (C=O) groups is 1. The van der Waals surface area contributed by atoms with Gasteiger partial charge in [0, 0.05) is 6.42 Å². The Morgan fingerprint density at radius 1 is 0.526 bits per heavy atom. The summed E-state index contributed by atoms with van der Waals surface area (Å²) in [5.41, 5.74) is 0. The molecule has 0 radical (unpaired) electrons. The van der Waals surface area contributed by atoms with E-state index in [1.54, 1.807) is 0 Å². The summed E-state index contributed by atoms with van der Waals surface area (Å²) in [6, 6.07) is -0.711. The molecule has 57 heavy (non-hydrogen) atoms. The Morgan fingerprint density at radius 3 is 1.25 bits per heavy atom. The zero-order chi connectivity index (χ0) is 41.6. The van der Waals surface area contributed by atoms with E-state index in [2.05, 4.69) is 19.2 Å². The lowest BCUT2D eigenvalue weighted by atomic mass is 9.99. The minimum Gasteiger partial charge on any atom is -0.394 e. The highest BCUT2D eigenvalue weighted by molar-refractivity contribution is 5.76. The predicted molar refractivity (Wildman–Crippen MR) is 235 cm³/mol. The molecule has 1 amide bonds. The van der Waals surface area contributed by atoms with Crippen molar-refractivity contribution in [1.29, 1.82) is 0 Å². The van der Waals surface area contributed by atoms with Crippen LogP contribution in [0.5, 0.6) is 0 Å². The van der Waals surface area contributed by atoms with Gasteiger partial charge >= 0.3 is 0 Å². The number of aliphatic hydroxyl groups excluding tert-OH is 5. The third kappa shape index (κ3) is 30.0. The lowest BCUT2D eigenvalue weighted by Gasteiger charge is -2.40. The van der Waals surface area contributed by atoms with Gasteiger partial charge in [-0.2, -0.15) is 0 Å². The Bertz CT molecular complexity index is 862. The zero-order valence-electron chi connectivity index (χ0n) is 37.4. The predicted octanol–water partition coefficient (Wildman–Crippen LogP) is 10.7. The van der Waals surface area contributed by atoms with Crippen LogP contribution >= 0.6 is 0 Å². The molecule has 0 aromatic rings. The second-order valence-electron chi connectivity index (χ2n) is 17.6. The molecule has 9 heteroatoms. The fourth-order valence-electron chi connectivity index (χ4n) is 8.22. The molecular weight excluding hydrogens is 719 g/mol. The summed E-state index contributed by atoms with van der Waals surface area (Å²) in [5.74, 6) is -0.139.